The number of thiophene rings is 1. The van der Waals surface area contributed by atoms with Crippen LogP contribution in [-0.2, 0) is 17.8 Å². The molecule has 1 aromatic rings. The van der Waals surface area contributed by atoms with E-state index in [1.54, 1.807) is 11.3 Å². The van der Waals surface area contributed by atoms with Crippen molar-refractivity contribution in [3.05, 3.63) is 21.9 Å². The molecule has 0 bridgehead atoms. The molecule has 1 saturated heterocycles. The molecule has 5 heteroatoms. The number of hydrogen-bond donors (Lipinski definition) is 2. The average Bonchev–Trinajstić information content (AvgIpc) is 2.84. The smallest absolute Gasteiger partial charge is 0.238 e. The van der Waals surface area contributed by atoms with Crippen LogP contribution in [0.1, 0.15) is 17.4 Å². The van der Waals surface area contributed by atoms with Crippen LogP contribution in [0.25, 0.3) is 0 Å². The molecule has 0 saturated carbocycles. The highest BCUT2D eigenvalue weighted by Crippen LogP contribution is 2.17. The van der Waals surface area contributed by atoms with Gasteiger partial charge >= 0.3 is 0 Å². The van der Waals surface area contributed by atoms with Crippen LogP contribution in [0, 0.1) is 0 Å². The van der Waals surface area contributed by atoms with Crippen molar-refractivity contribution in [1.29, 1.82) is 0 Å². The molecule has 1 aromatic heterocycles. The lowest BCUT2D eigenvalue weighted by Gasteiger charge is -2.22. The van der Waals surface area contributed by atoms with Gasteiger partial charge in [-0.3, -0.25) is 4.79 Å². The Kier molecular flexibility index (Phi) is 4.88. The van der Waals surface area contributed by atoms with Gasteiger partial charge in [-0.25, -0.2) is 0 Å². The van der Waals surface area contributed by atoms with Gasteiger partial charge in [-0.15, -0.1) is 11.3 Å². The first-order valence-corrected chi connectivity index (χ1v) is 7.98. The molecule has 1 aliphatic heterocycles. The lowest BCUT2D eigenvalue weighted by Crippen LogP contribution is -2.48. The third-order valence-corrected chi connectivity index (χ3v) is 4.90. The van der Waals surface area contributed by atoms with Crippen LogP contribution in [-0.4, -0.2) is 30.0 Å². The molecule has 1 amide bonds. The Morgan fingerprint density at radius 3 is 3.24 bits per heavy atom. The number of amides is 1. The zero-order valence-corrected chi connectivity index (χ0v) is 11.6. The molecule has 1 unspecified atom stereocenters. The topological polar surface area (TPSA) is 41.1 Å². The molecule has 1 atom stereocenters. The molecule has 0 aliphatic carbocycles. The largest absolute Gasteiger partial charge is 0.350 e. The monoisotopic (exact) mass is 270 g/mol. The van der Waals surface area contributed by atoms with E-state index in [0.29, 0.717) is 6.54 Å². The molecule has 17 heavy (non-hydrogen) atoms. The van der Waals surface area contributed by atoms with Crippen molar-refractivity contribution >= 4 is 29.0 Å². The number of thioether (sulfide) groups is 1. The Morgan fingerprint density at radius 1 is 1.65 bits per heavy atom. The molecule has 0 radical (unpaired) electrons. The number of nitrogens with one attached hydrogen (secondary N) is 2. The maximum Gasteiger partial charge on any atom is 0.238 e. The van der Waals surface area contributed by atoms with Gasteiger partial charge in [-0.2, -0.15) is 11.8 Å². The standard InChI is InChI=1S/C12H18N2OS2/c1-2-9-3-5-17-11(9)7-14-12(15)10-8-16-6-4-13-10/h3,5,10,13H,2,4,6-8H2,1H3,(H,14,15). The number of carbonyl (C=O) groups excluding carboxylic acids is 1. The van der Waals surface area contributed by atoms with Gasteiger partial charge in [0.1, 0.15) is 0 Å². The van der Waals surface area contributed by atoms with Crippen LogP contribution >= 0.6 is 23.1 Å². The van der Waals surface area contributed by atoms with Crippen molar-refractivity contribution in [1.82, 2.24) is 10.6 Å². The molecule has 3 nitrogen and oxygen atoms in total. The summed E-state index contributed by atoms with van der Waals surface area (Å²) in [6.45, 7) is 3.75. The third kappa shape index (κ3) is 3.47. The Bertz CT molecular complexity index is 372. The molecule has 0 spiro atoms. The van der Waals surface area contributed by atoms with Crippen LogP contribution in [0.5, 0.6) is 0 Å². The third-order valence-electron chi connectivity index (χ3n) is 2.88. The lowest BCUT2D eigenvalue weighted by molar-refractivity contribution is -0.122. The minimum Gasteiger partial charge on any atom is -0.350 e. The molecular formula is C12H18N2OS2. The molecule has 2 N–H and O–H groups in total. The fourth-order valence-electron chi connectivity index (χ4n) is 1.86. The Hall–Kier alpha value is -0.520. The van der Waals surface area contributed by atoms with Crippen LogP contribution in [0.2, 0.25) is 0 Å². The van der Waals surface area contributed by atoms with Gasteiger partial charge < -0.3 is 10.6 Å². The molecule has 94 valence electrons. The van der Waals surface area contributed by atoms with Gasteiger partial charge in [0, 0.05) is 22.9 Å². The van der Waals surface area contributed by atoms with E-state index in [-0.39, 0.29) is 11.9 Å². The Balaban J connectivity index is 1.83. The summed E-state index contributed by atoms with van der Waals surface area (Å²) in [6.07, 6.45) is 1.03. The summed E-state index contributed by atoms with van der Waals surface area (Å²) in [5.74, 6) is 2.12. The van der Waals surface area contributed by atoms with Gasteiger partial charge in [0.05, 0.1) is 12.6 Å². The predicted molar refractivity (Wildman–Crippen MR) is 74.7 cm³/mol. The minimum atomic E-state index is -0.0150. The first-order chi connectivity index (χ1) is 8.31. The average molecular weight is 270 g/mol. The fourth-order valence-corrected chi connectivity index (χ4v) is 3.71. The first-order valence-electron chi connectivity index (χ1n) is 5.95. The molecule has 1 fully saturated rings. The predicted octanol–water partition coefficient (Wildman–Crippen LogP) is 1.63. The maximum absolute atomic E-state index is 11.9. The summed E-state index contributed by atoms with van der Waals surface area (Å²) in [7, 11) is 0. The van der Waals surface area contributed by atoms with Gasteiger partial charge in [0.25, 0.3) is 0 Å². The zero-order valence-electron chi connectivity index (χ0n) is 9.99. The molecule has 2 heterocycles. The van der Waals surface area contributed by atoms with E-state index in [1.165, 1.54) is 10.4 Å². The summed E-state index contributed by atoms with van der Waals surface area (Å²) < 4.78 is 0. The zero-order chi connectivity index (χ0) is 12.1. The second kappa shape index (κ2) is 6.42. The van der Waals surface area contributed by atoms with Crippen molar-refractivity contribution < 1.29 is 4.79 Å². The minimum absolute atomic E-state index is 0.0150. The highest BCUT2D eigenvalue weighted by atomic mass is 32.2. The SMILES string of the molecule is CCc1ccsc1CNC(=O)C1CSCCN1. The molecule has 1 aliphatic rings. The number of aryl methyl sites for hydroxylation is 1. The Labute approximate surface area is 110 Å². The van der Waals surface area contributed by atoms with Crippen molar-refractivity contribution in [3.63, 3.8) is 0 Å². The quantitative estimate of drug-likeness (QED) is 0.874. The van der Waals surface area contributed by atoms with E-state index >= 15 is 0 Å². The summed E-state index contributed by atoms with van der Waals surface area (Å²) in [5, 5.41) is 8.37. The Morgan fingerprint density at radius 2 is 2.53 bits per heavy atom. The molecule has 2 rings (SSSR count). The molecule has 0 aromatic carbocycles. The number of rotatable bonds is 4. The van der Waals surface area contributed by atoms with Crippen molar-refractivity contribution in [2.24, 2.45) is 0 Å². The fraction of sp³-hybridized carbons (Fsp3) is 0.583. The van der Waals surface area contributed by atoms with Crippen LogP contribution in [0.15, 0.2) is 11.4 Å². The summed E-state index contributed by atoms with van der Waals surface area (Å²) >= 11 is 3.56. The molecular weight excluding hydrogens is 252 g/mol. The summed E-state index contributed by atoms with van der Waals surface area (Å²) in [6, 6.07) is 2.12. The second-order valence-corrected chi connectivity index (χ2v) is 6.17. The lowest BCUT2D eigenvalue weighted by atomic mass is 10.2. The van der Waals surface area contributed by atoms with Crippen molar-refractivity contribution in [2.75, 3.05) is 18.1 Å². The summed E-state index contributed by atoms with van der Waals surface area (Å²) in [5.41, 5.74) is 1.35. The number of carbonyl (C=O) groups is 1. The van der Waals surface area contributed by atoms with E-state index in [0.717, 1.165) is 24.5 Å². The van der Waals surface area contributed by atoms with E-state index in [2.05, 4.69) is 29.0 Å². The van der Waals surface area contributed by atoms with Crippen molar-refractivity contribution in [3.8, 4) is 0 Å². The van der Waals surface area contributed by atoms with Crippen LogP contribution in [0.4, 0.5) is 0 Å². The number of hydrogen-bond acceptors (Lipinski definition) is 4. The highest BCUT2D eigenvalue weighted by molar-refractivity contribution is 7.99. The van der Waals surface area contributed by atoms with Gasteiger partial charge in [-0.1, -0.05) is 6.92 Å². The van der Waals surface area contributed by atoms with Crippen LogP contribution in [0.3, 0.4) is 0 Å². The van der Waals surface area contributed by atoms with Gasteiger partial charge in [0.2, 0.25) is 5.91 Å². The van der Waals surface area contributed by atoms with Crippen LogP contribution < -0.4 is 10.6 Å². The maximum atomic E-state index is 11.9. The second-order valence-electron chi connectivity index (χ2n) is 4.02. The highest BCUT2D eigenvalue weighted by Gasteiger charge is 2.20. The summed E-state index contributed by atoms with van der Waals surface area (Å²) in [4.78, 5) is 13.2. The van der Waals surface area contributed by atoms with Gasteiger partial charge in [-0.05, 0) is 23.4 Å². The van der Waals surface area contributed by atoms with E-state index in [9.17, 15) is 4.79 Å². The first kappa shape index (κ1) is 12.9. The van der Waals surface area contributed by atoms with E-state index in [4.69, 9.17) is 0 Å². The van der Waals surface area contributed by atoms with E-state index in [1.807, 2.05) is 11.8 Å². The van der Waals surface area contributed by atoms with Gasteiger partial charge in [0.15, 0.2) is 0 Å². The van der Waals surface area contributed by atoms with Crippen molar-refractivity contribution in [2.45, 2.75) is 25.9 Å². The normalized spacial score (nSPS) is 20.2. The van der Waals surface area contributed by atoms with E-state index < -0.39 is 0 Å².